The first-order valence-corrected chi connectivity index (χ1v) is 10.1. The molecule has 0 unspecified atom stereocenters. The number of hydrogen-bond acceptors (Lipinski definition) is 9. The van der Waals surface area contributed by atoms with Gasteiger partial charge in [-0.05, 0) is 31.0 Å². The molecule has 0 aliphatic rings. The second kappa shape index (κ2) is 12.0. The normalized spacial score (nSPS) is 12.8. The number of hydrogen-bond donors (Lipinski definition) is 1. The average Bonchev–Trinajstić information content (AvgIpc) is 2.67. The van der Waals surface area contributed by atoms with Gasteiger partial charge in [0.1, 0.15) is 18.8 Å². The SMILES string of the molecule is CC(=O)OC[C@H](C)OC(=O)[C@@H](N)Cc1ccc(OC(=O)C(C)C)c(OC(=O)C(C)C)c1. The van der Waals surface area contributed by atoms with Crippen molar-refractivity contribution in [2.45, 2.75) is 60.1 Å². The number of nitrogens with two attached hydrogens (primary N) is 1. The Hall–Kier alpha value is -2.94. The molecule has 0 aliphatic carbocycles. The van der Waals surface area contributed by atoms with Crippen LogP contribution in [0.15, 0.2) is 18.2 Å². The zero-order valence-electron chi connectivity index (χ0n) is 18.8. The second-order valence-electron chi connectivity index (χ2n) is 7.79. The molecule has 9 nitrogen and oxygen atoms in total. The first-order valence-electron chi connectivity index (χ1n) is 10.1. The molecule has 1 aromatic carbocycles. The monoisotopic (exact) mass is 437 g/mol. The van der Waals surface area contributed by atoms with Crippen LogP contribution in [0.2, 0.25) is 0 Å². The lowest BCUT2D eigenvalue weighted by atomic mass is 10.1. The third-order valence-corrected chi connectivity index (χ3v) is 3.97. The van der Waals surface area contributed by atoms with E-state index in [1.807, 2.05) is 0 Å². The lowest BCUT2D eigenvalue weighted by Gasteiger charge is -2.18. The molecule has 9 heteroatoms. The molecule has 0 fully saturated rings. The number of esters is 4. The van der Waals surface area contributed by atoms with Crippen molar-refractivity contribution in [3.05, 3.63) is 23.8 Å². The van der Waals surface area contributed by atoms with E-state index in [4.69, 9.17) is 24.7 Å². The van der Waals surface area contributed by atoms with Gasteiger partial charge in [0, 0.05) is 6.92 Å². The predicted molar refractivity (Wildman–Crippen MR) is 111 cm³/mol. The van der Waals surface area contributed by atoms with Gasteiger partial charge in [0.25, 0.3) is 0 Å². The van der Waals surface area contributed by atoms with Gasteiger partial charge < -0.3 is 24.7 Å². The summed E-state index contributed by atoms with van der Waals surface area (Å²) in [4.78, 5) is 47.1. The summed E-state index contributed by atoms with van der Waals surface area (Å²) in [5.74, 6) is -2.72. The Bertz CT molecular complexity index is 803. The van der Waals surface area contributed by atoms with Crippen LogP contribution in [0.4, 0.5) is 0 Å². The number of carbonyl (C=O) groups excluding carboxylic acids is 4. The maximum Gasteiger partial charge on any atom is 0.323 e. The highest BCUT2D eigenvalue weighted by molar-refractivity contribution is 5.78. The third-order valence-electron chi connectivity index (χ3n) is 3.97. The van der Waals surface area contributed by atoms with Crippen molar-refractivity contribution in [3.63, 3.8) is 0 Å². The number of rotatable bonds is 10. The molecular formula is C22H31NO8. The number of benzene rings is 1. The average molecular weight is 437 g/mol. The van der Waals surface area contributed by atoms with E-state index in [-0.39, 0.29) is 30.4 Å². The van der Waals surface area contributed by atoms with Gasteiger partial charge in [0.15, 0.2) is 11.5 Å². The van der Waals surface area contributed by atoms with E-state index in [0.717, 1.165) is 0 Å². The van der Waals surface area contributed by atoms with Gasteiger partial charge in [-0.3, -0.25) is 19.2 Å². The van der Waals surface area contributed by atoms with Crippen molar-refractivity contribution >= 4 is 23.9 Å². The Morgan fingerprint density at radius 2 is 1.42 bits per heavy atom. The molecular weight excluding hydrogens is 406 g/mol. The van der Waals surface area contributed by atoms with Crippen molar-refractivity contribution in [1.82, 2.24) is 0 Å². The summed E-state index contributed by atoms with van der Waals surface area (Å²) in [5.41, 5.74) is 6.51. The molecule has 0 heterocycles. The molecule has 0 saturated heterocycles. The van der Waals surface area contributed by atoms with Crippen molar-refractivity contribution in [2.24, 2.45) is 17.6 Å². The summed E-state index contributed by atoms with van der Waals surface area (Å²) in [7, 11) is 0. The summed E-state index contributed by atoms with van der Waals surface area (Å²) >= 11 is 0. The van der Waals surface area contributed by atoms with E-state index in [0.29, 0.717) is 5.56 Å². The number of carbonyl (C=O) groups is 4. The molecule has 172 valence electrons. The third kappa shape index (κ3) is 9.17. The summed E-state index contributed by atoms with van der Waals surface area (Å²) in [6, 6.07) is 3.60. The fourth-order valence-corrected chi connectivity index (χ4v) is 2.19. The lowest BCUT2D eigenvalue weighted by Crippen LogP contribution is -2.37. The van der Waals surface area contributed by atoms with E-state index >= 15 is 0 Å². The number of ether oxygens (including phenoxy) is 4. The second-order valence-corrected chi connectivity index (χ2v) is 7.79. The highest BCUT2D eigenvalue weighted by atomic mass is 16.6. The van der Waals surface area contributed by atoms with Crippen LogP contribution < -0.4 is 15.2 Å². The fourth-order valence-electron chi connectivity index (χ4n) is 2.19. The minimum atomic E-state index is -1.00. The van der Waals surface area contributed by atoms with Crippen LogP contribution in [0.25, 0.3) is 0 Å². The van der Waals surface area contributed by atoms with Crippen LogP contribution >= 0.6 is 0 Å². The molecule has 0 aliphatic heterocycles. The lowest BCUT2D eigenvalue weighted by molar-refractivity contribution is -0.157. The largest absolute Gasteiger partial charge is 0.462 e. The van der Waals surface area contributed by atoms with Crippen LogP contribution in [0, 0.1) is 11.8 Å². The molecule has 1 aromatic rings. The quantitative estimate of drug-likeness (QED) is 0.432. The minimum absolute atomic E-state index is 0.0639. The van der Waals surface area contributed by atoms with Crippen molar-refractivity contribution < 1.29 is 38.1 Å². The molecule has 2 N–H and O–H groups in total. The van der Waals surface area contributed by atoms with E-state index in [9.17, 15) is 19.2 Å². The fraction of sp³-hybridized carbons (Fsp3) is 0.545. The van der Waals surface area contributed by atoms with Gasteiger partial charge in [0.05, 0.1) is 11.8 Å². The first kappa shape index (κ1) is 26.1. The maximum atomic E-state index is 12.2. The van der Waals surface area contributed by atoms with Crippen LogP contribution in [0.3, 0.4) is 0 Å². The van der Waals surface area contributed by atoms with Gasteiger partial charge in [-0.2, -0.15) is 0 Å². The summed E-state index contributed by atoms with van der Waals surface area (Å²) in [6.07, 6.45) is -0.563. The summed E-state index contributed by atoms with van der Waals surface area (Å²) in [6.45, 7) is 9.48. The zero-order valence-corrected chi connectivity index (χ0v) is 18.8. The minimum Gasteiger partial charge on any atom is -0.462 e. The van der Waals surface area contributed by atoms with E-state index < -0.39 is 41.9 Å². The van der Waals surface area contributed by atoms with Gasteiger partial charge in [-0.25, -0.2) is 0 Å². The predicted octanol–water partition coefficient (Wildman–Crippen LogP) is 2.17. The van der Waals surface area contributed by atoms with Crippen molar-refractivity contribution in [3.8, 4) is 11.5 Å². The van der Waals surface area contributed by atoms with Crippen LogP contribution in [-0.4, -0.2) is 42.6 Å². The van der Waals surface area contributed by atoms with Crippen molar-refractivity contribution in [1.29, 1.82) is 0 Å². The molecule has 0 saturated carbocycles. The van der Waals surface area contributed by atoms with Gasteiger partial charge in [-0.1, -0.05) is 33.8 Å². The summed E-state index contributed by atoms with van der Waals surface area (Å²) in [5, 5.41) is 0. The molecule has 0 amide bonds. The summed E-state index contributed by atoms with van der Waals surface area (Å²) < 4.78 is 20.6. The zero-order chi connectivity index (χ0) is 23.7. The Morgan fingerprint density at radius 1 is 0.871 bits per heavy atom. The highest BCUT2D eigenvalue weighted by Gasteiger charge is 2.22. The maximum absolute atomic E-state index is 12.2. The molecule has 0 spiro atoms. The van der Waals surface area contributed by atoms with Gasteiger partial charge >= 0.3 is 23.9 Å². The molecule has 0 bridgehead atoms. The molecule has 0 aromatic heterocycles. The van der Waals surface area contributed by atoms with Crippen LogP contribution in [0.5, 0.6) is 11.5 Å². The van der Waals surface area contributed by atoms with Crippen LogP contribution in [-0.2, 0) is 35.1 Å². The van der Waals surface area contributed by atoms with Gasteiger partial charge in [0.2, 0.25) is 0 Å². The van der Waals surface area contributed by atoms with Crippen molar-refractivity contribution in [2.75, 3.05) is 6.61 Å². The molecule has 31 heavy (non-hydrogen) atoms. The standard InChI is InChI=1S/C22H31NO8/c1-12(2)20(25)30-18-8-7-16(10-19(18)31-21(26)13(3)4)9-17(23)22(27)29-14(5)11-28-15(6)24/h7-8,10,12-14,17H,9,11,23H2,1-6H3/t14-,17-/m0/s1. The Morgan fingerprint density at radius 3 is 1.94 bits per heavy atom. The van der Waals surface area contributed by atoms with E-state index in [1.165, 1.54) is 19.1 Å². The van der Waals surface area contributed by atoms with Crippen LogP contribution in [0.1, 0.15) is 47.1 Å². The molecule has 2 atom stereocenters. The molecule has 1 rings (SSSR count). The van der Waals surface area contributed by atoms with Gasteiger partial charge in [-0.15, -0.1) is 0 Å². The topological polar surface area (TPSA) is 131 Å². The van der Waals surface area contributed by atoms with E-state index in [1.54, 1.807) is 40.7 Å². The molecule has 0 radical (unpaired) electrons. The Balaban J connectivity index is 2.93. The Labute approximate surface area is 182 Å². The first-order chi connectivity index (χ1) is 14.4. The van der Waals surface area contributed by atoms with E-state index in [2.05, 4.69) is 0 Å². The smallest absolute Gasteiger partial charge is 0.323 e. The highest BCUT2D eigenvalue weighted by Crippen LogP contribution is 2.30. The Kier molecular flexibility index (Phi) is 10.1.